The summed E-state index contributed by atoms with van der Waals surface area (Å²) in [7, 11) is 0. The van der Waals surface area contributed by atoms with Gasteiger partial charge in [-0.05, 0) is 60.3 Å². The van der Waals surface area contributed by atoms with Gasteiger partial charge in [-0.2, -0.15) is 5.26 Å². The summed E-state index contributed by atoms with van der Waals surface area (Å²) in [5.74, 6) is -0.170. The predicted octanol–water partition coefficient (Wildman–Crippen LogP) is 5.85. The van der Waals surface area contributed by atoms with Crippen LogP contribution in [0.25, 0.3) is 17.4 Å². The van der Waals surface area contributed by atoms with Crippen LogP contribution in [0.2, 0.25) is 5.02 Å². The third-order valence-electron chi connectivity index (χ3n) is 4.45. The lowest BCUT2D eigenvalue weighted by molar-refractivity contribution is -0.123. The first-order chi connectivity index (χ1) is 14.5. The number of amides is 2. The molecule has 5 nitrogen and oxygen atoms in total. The van der Waals surface area contributed by atoms with Crippen LogP contribution in [0.4, 0.5) is 9.18 Å². The van der Waals surface area contributed by atoms with Crippen LogP contribution in [-0.4, -0.2) is 16.0 Å². The van der Waals surface area contributed by atoms with Gasteiger partial charge >= 0.3 is 0 Å². The van der Waals surface area contributed by atoms with Gasteiger partial charge in [0, 0.05) is 22.2 Å². The second-order valence-electron chi connectivity index (χ2n) is 6.36. The number of nitriles is 1. The van der Waals surface area contributed by atoms with E-state index in [0.29, 0.717) is 17.1 Å². The normalized spacial score (nSPS) is 15.1. The first kappa shape index (κ1) is 20.0. The van der Waals surface area contributed by atoms with Crippen LogP contribution < -0.4 is 0 Å². The number of furan rings is 1. The molecule has 30 heavy (non-hydrogen) atoms. The number of rotatable bonds is 4. The molecule has 148 valence electrons. The zero-order chi connectivity index (χ0) is 21.3. The van der Waals surface area contributed by atoms with Crippen LogP contribution in [-0.2, 0) is 11.3 Å². The number of halogens is 2. The molecule has 4 rings (SSSR count). The Morgan fingerprint density at radius 2 is 1.90 bits per heavy atom. The molecule has 1 aromatic heterocycles. The van der Waals surface area contributed by atoms with E-state index in [4.69, 9.17) is 21.3 Å². The molecule has 0 radical (unpaired) electrons. The van der Waals surface area contributed by atoms with Crippen molar-refractivity contribution in [3.05, 3.63) is 87.2 Å². The number of thioether (sulfide) groups is 1. The van der Waals surface area contributed by atoms with Gasteiger partial charge in [-0.15, -0.1) is 0 Å². The maximum Gasteiger partial charge on any atom is 0.293 e. The molecule has 0 saturated carbocycles. The van der Waals surface area contributed by atoms with E-state index in [1.165, 1.54) is 24.3 Å². The fourth-order valence-electron chi connectivity index (χ4n) is 2.90. The molecule has 0 spiro atoms. The van der Waals surface area contributed by atoms with E-state index in [-0.39, 0.29) is 22.0 Å². The van der Waals surface area contributed by atoms with E-state index in [1.807, 2.05) is 6.07 Å². The highest BCUT2D eigenvalue weighted by Crippen LogP contribution is 2.35. The van der Waals surface area contributed by atoms with Crippen LogP contribution in [0, 0.1) is 17.1 Å². The van der Waals surface area contributed by atoms with Crippen molar-refractivity contribution < 1.29 is 18.4 Å². The fourth-order valence-corrected chi connectivity index (χ4v) is 3.94. The topological polar surface area (TPSA) is 74.3 Å². The molecule has 1 saturated heterocycles. The standard InChI is InChI=1S/C22H12ClFN2O3S/c23-17-2-1-3-18(24)16(17)12-26-21(27)20(30-22(26)28)10-15-8-9-19(29-15)14-6-4-13(11-25)5-7-14/h1-10H,12H2. The van der Waals surface area contributed by atoms with E-state index < -0.39 is 17.0 Å². The van der Waals surface area contributed by atoms with Crippen molar-refractivity contribution in [3.8, 4) is 17.4 Å². The number of imide groups is 1. The lowest BCUT2D eigenvalue weighted by Gasteiger charge is -2.14. The zero-order valence-electron chi connectivity index (χ0n) is 15.3. The first-order valence-corrected chi connectivity index (χ1v) is 9.94. The monoisotopic (exact) mass is 438 g/mol. The van der Waals surface area contributed by atoms with Gasteiger partial charge in [0.05, 0.1) is 23.1 Å². The van der Waals surface area contributed by atoms with Crippen LogP contribution in [0.5, 0.6) is 0 Å². The van der Waals surface area contributed by atoms with E-state index >= 15 is 0 Å². The molecule has 8 heteroatoms. The maximum absolute atomic E-state index is 14.0. The summed E-state index contributed by atoms with van der Waals surface area (Å²) >= 11 is 6.76. The van der Waals surface area contributed by atoms with Crippen molar-refractivity contribution in [1.82, 2.24) is 4.90 Å². The molecule has 2 amide bonds. The average molecular weight is 439 g/mol. The zero-order valence-corrected chi connectivity index (χ0v) is 16.8. The first-order valence-electron chi connectivity index (χ1n) is 8.75. The molecule has 1 fully saturated rings. The Kier molecular flexibility index (Phi) is 5.44. The van der Waals surface area contributed by atoms with Gasteiger partial charge in [0.25, 0.3) is 11.1 Å². The van der Waals surface area contributed by atoms with Gasteiger partial charge in [0.2, 0.25) is 0 Å². The highest BCUT2D eigenvalue weighted by atomic mass is 35.5. The van der Waals surface area contributed by atoms with Crippen molar-refractivity contribution in [2.45, 2.75) is 6.54 Å². The number of nitrogens with zero attached hydrogens (tertiary/aromatic N) is 2. The largest absolute Gasteiger partial charge is 0.457 e. The minimum absolute atomic E-state index is 0.0869. The van der Waals surface area contributed by atoms with Crippen LogP contribution in [0.15, 0.2) is 63.9 Å². The molecular formula is C22H12ClFN2O3S. The van der Waals surface area contributed by atoms with Crippen LogP contribution in [0.3, 0.4) is 0 Å². The molecule has 1 aliphatic heterocycles. The summed E-state index contributed by atoms with van der Waals surface area (Å²) in [4.78, 5) is 26.1. The molecule has 0 bridgehead atoms. The predicted molar refractivity (Wildman–Crippen MR) is 112 cm³/mol. The lowest BCUT2D eigenvalue weighted by atomic mass is 10.1. The Balaban J connectivity index is 1.55. The SMILES string of the molecule is N#Cc1ccc(-c2ccc(C=C3SC(=O)N(Cc4c(F)cccc4Cl)C3=O)o2)cc1. The molecule has 1 aliphatic rings. The molecule has 0 unspecified atom stereocenters. The van der Waals surface area contributed by atoms with E-state index in [2.05, 4.69) is 0 Å². The van der Waals surface area contributed by atoms with Crippen molar-refractivity contribution >= 4 is 40.6 Å². The maximum atomic E-state index is 14.0. The van der Waals surface area contributed by atoms with Gasteiger partial charge in [-0.3, -0.25) is 14.5 Å². The molecule has 2 aromatic carbocycles. The number of hydrogen-bond acceptors (Lipinski definition) is 5. The molecule has 2 heterocycles. The molecule has 0 N–H and O–H groups in total. The second kappa shape index (κ2) is 8.19. The number of hydrogen-bond donors (Lipinski definition) is 0. The van der Waals surface area contributed by atoms with Gasteiger partial charge in [0.1, 0.15) is 17.3 Å². The second-order valence-corrected chi connectivity index (χ2v) is 7.76. The van der Waals surface area contributed by atoms with Gasteiger partial charge in [-0.1, -0.05) is 17.7 Å². The van der Waals surface area contributed by atoms with E-state index in [9.17, 15) is 14.0 Å². The third-order valence-corrected chi connectivity index (χ3v) is 5.71. The number of carbonyl (C=O) groups is 2. The Bertz CT molecular complexity index is 1210. The summed E-state index contributed by atoms with van der Waals surface area (Å²) in [5.41, 5.74) is 1.40. The van der Waals surface area contributed by atoms with Crippen molar-refractivity contribution in [2.75, 3.05) is 0 Å². The Labute approximate surface area is 180 Å². The van der Waals surface area contributed by atoms with Crippen molar-refractivity contribution in [3.63, 3.8) is 0 Å². The lowest BCUT2D eigenvalue weighted by Crippen LogP contribution is -2.28. The molecule has 0 atom stereocenters. The van der Waals surface area contributed by atoms with Crippen molar-refractivity contribution in [1.29, 1.82) is 5.26 Å². The Morgan fingerprint density at radius 1 is 1.13 bits per heavy atom. The van der Waals surface area contributed by atoms with Gasteiger partial charge in [0.15, 0.2) is 0 Å². The fraction of sp³-hybridized carbons (Fsp3) is 0.0455. The Hall–Kier alpha value is -3.34. The number of carbonyl (C=O) groups excluding carboxylic acids is 2. The number of benzene rings is 2. The minimum Gasteiger partial charge on any atom is -0.457 e. The summed E-state index contributed by atoms with van der Waals surface area (Å²) in [5, 5.41) is 8.52. The molecule has 3 aromatic rings. The summed E-state index contributed by atoms with van der Waals surface area (Å²) in [6.45, 7) is -0.248. The molecular weight excluding hydrogens is 427 g/mol. The van der Waals surface area contributed by atoms with Crippen LogP contribution >= 0.6 is 23.4 Å². The summed E-state index contributed by atoms with van der Waals surface area (Å²) in [6.07, 6.45) is 1.47. The van der Waals surface area contributed by atoms with Gasteiger partial charge < -0.3 is 4.42 Å². The quantitative estimate of drug-likeness (QED) is 0.478. The summed E-state index contributed by atoms with van der Waals surface area (Å²) in [6, 6.07) is 16.5. The highest BCUT2D eigenvalue weighted by molar-refractivity contribution is 8.18. The van der Waals surface area contributed by atoms with E-state index in [0.717, 1.165) is 22.2 Å². The molecule has 0 aliphatic carbocycles. The van der Waals surface area contributed by atoms with E-state index in [1.54, 1.807) is 36.4 Å². The highest BCUT2D eigenvalue weighted by Gasteiger charge is 2.36. The third kappa shape index (κ3) is 3.88. The Morgan fingerprint density at radius 3 is 2.60 bits per heavy atom. The average Bonchev–Trinajstić information content (AvgIpc) is 3.30. The minimum atomic E-state index is -0.580. The summed E-state index contributed by atoms with van der Waals surface area (Å²) < 4.78 is 19.8. The smallest absolute Gasteiger partial charge is 0.293 e. The van der Waals surface area contributed by atoms with Gasteiger partial charge in [-0.25, -0.2) is 4.39 Å². The van der Waals surface area contributed by atoms with Crippen molar-refractivity contribution in [2.24, 2.45) is 0 Å². The van der Waals surface area contributed by atoms with Crippen LogP contribution in [0.1, 0.15) is 16.9 Å².